The summed E-state index contributed by atoms with van der Waals surface area (Å²) >= 11 is 5.28. The minimum absolute atomic E-state index is 0.745. The van der Waals surface area contributed by atoms with E-state index in [4.69, 9.17) is 12.2 Å². The standard InChI is InChI=1S/C11H14N4S/c1-4-9-6-11(16)15(14-9)10-5-7(2)12-8(3)13-10/h5-6,14H,4H2,1-3H3. The molecule has 4 nitrogen and oxygen atoms in total. The summed E-state index contributed by atoms with van der Waals surface area (Å²) in [4.78, 5) is 8.61. The van der Waals surface area contributed by atoms with Crippen LogP contribution in [0.1, 0.15) is 24.1 Å². The largest absolute Gasteiger partial charge is 0.296 e. The molecule has 0 amide bonds. The predicted molar refractivity (Wildman–Crippen MR) is 65.4 cm³/mol. The summed E-state index contributed by atoms with van der Waals surface area (Å²) in [5, 5.41) is 3.22. The molecule has 0 aliphatic heterocycles. The summed E-state index contributed by atoms with van der Waals surface area (Å²) in [5.74, 6) is 1.55. The van der Waals surface area contributed by atoms with E-state index in [1.54, 1.807) is 0 Å². The number of nitrogens with zero attached hydrogens (tertiary/aromatic N) is 3. The van der Waals surface area contributed by atoms with Gasteiger partial charge in [0.1, 0.15) is 10.5 Å². The molecule has 2 rings (SSSR count). The fraction of sp³-hybridized carbons (Fsp3) is 0.364. The maximum Gasteiger partial charge on any atom is 0.156 e. The Balaban J connectivity index is 2.57. The predicted octanol–water partition coefficient (Wildman–Crippen LogP) is 2.50. The summed E-state index contributed by atoms with van der Waals surface area (Å²) in [6, 6.07) is 3.88. The van der Waals surface area contributed by atoms with Crippen LogP contribution in [0, 0.1) is 18.5 Å². The fourth-order valence-corrected chi connectivity index (χ4v) is 1.89. The van der Waals surface area contributed by atoms with E-state index in [1.165, 1.54) is 0 Å². The van der Waals surface area contributed by atoms with Gasteiger partial charge < -0.3 is 0 Å². The zero-order valence-corrected chi connectivity index (χ0v) is 10.4. The number of aromatic amines is 1. The Kier molecular flexibility index (Phi) is 2.87. The molecule has 0 bridgehead atoms. The average Bonchev–Trinajstić information content (AvgIpc) is 2.58. The molecule has 0 radical (unpaired) electrons. The van der Waals surface area contributed by atoms with Gasteiger partial charge in [0, 0.05) is 17.5 Å². The van der Waals surface area contributed by atoms with Crippen LogP contribution in [-0.4, -0.2) is 19.7 Å². The molecule has 5 heteroatoms. The van der Waals surface area contributed by atoms with Gasteiger partial charge >= 0.3 is 0 Å². The van der Waals surface area contributed by atoms with E-state index in [1.807, 2.05) is 30.7 Å². The molecule has 84 valence electrons. The maximum absolute atomic E-state index is 5.28. The lowest BCUT2D eigenvalue weighted by Crippen LogP contribution is -2.03. The molecule has 1 N–H and O–H groups in total. The maximum atomic E-state index is 5.28. The zero-order valence-electron chi connectivity index (χ0n) is 9.61. The Morgan fingerprint density at radius 1 is 1.31 bits per heavy atom. The highest BCUT2D eigenvalue weighted by Crippen LogP contribution is 2.09. The van der Waals surface area contributed by atoms with Crippen molar-refractivity contribution in [1.82, 2.24) is 19.7 Å². The smallest absolute Gasteiger partial charge is 0.156 e. The molecule has 0 aromatic carbocycles. The van der Waals surface area contributed by atoms with Crippen molar-refractivity contribution in [3.05, 3.63) is 34.0 Å². The Labute approximate surface area is 99.4 Å². The summed E-state index contributed by atoms with van der Waals surface area (Å²) in [6.45, 7) is 5.91. The molecule has 0 saturated carbocycles. The van der Waals surface area contributed by atoms with Gasteiger partial charge in [0.05, 0.1) is 0 Å². The first kappa shape index (κ1) is 11.0. The lowest BCUT2D eigenvalue weighted by atomic mass is 10.3. The Hall–Kier alpha value is -1.49. The Bertz CT molecular complexity index is 547. The van der Waals surface area contributed by atoms with Gasteiger partial charge in [0.25, 0.3) is 0 Å². The minimum Gasteiger partial charge on any atom is -0.296 e. The van der Waals surface area contributed by atoms with Crippen LogP contribution in [0.25, 0.3) is 5.82 Å². The zero-order chi connectivity index (χ0) is 11.7. The van der Waals surface area contributed by atoms with Crippen molar-refractivity contribution >= 4 is 12.2 Å². The van der Waals surface area contributed by atoms with Crippen molar-refractivity contribution < 1.29 is 0 Å². The summed E-state index contributed by atoms with van der Waals surface area (Å²) < 4.78 is 2.56. The summed E-state index contributed by atoms with van der Waals surface area (Å²) in [7, 11) is 0. The van der Waals surface area contributed by atoms with Crippen molar-refractivity contribution in [2.75, 3.05) is 0 Å². The molecule has 2 aromatic rings. The van der Waals surface area contributed by atoms with Gasteiger partial charge in [-0.15, -0.1) is 0 Å². The molecule has 0 fully saturated rings. The van der Waals surface area contributed by atoms with E-state index in [2.05, 4.69) is 22.0 Å². The van der Waals surface area contributed by atoms with Crippen LogP contribution < -0.4 is 0 Å². The van der Waals surface area contributed by atoms with Gasteiger partial charge in [-0.05, 0) is 26.3 Å². The highest BCUT2D eigenvalue weighted by atomic mass is 32.1. The molecule has 0 saturated heterocycles. The average molecular weight is 234 g/mol. The van der Waals surface area contributed by atoms with E-state index in [0.717, 1.165) is 34.1 Å². The molecular weight excluding hydrogens is 220 g/mol. The van der Waals surface area contributed by atoms with Gasteiger partial charge in [-0.3, -0.25) is 5.10 Å². The number of aromatic nitrogens is 4. The normalized spacial score (nSPS) is 10.7. The highest BCUT2D eigenvalue weighted by molar-refractivity contribution is 7.71. The van der Waals surface area contributed by atoms with E-state index >= 15 is 0 Å². The quantitative estimate of drug-likeness (QED) is 0.812. The first-order valence-corrected chi connectivity index (χ1v) is 5.64. The van der Waals surface area contributed by atoms with Crippen LogP contribution in [0.3, 0.4) is 0 Å². The van der Waals surface area contributed by atoms with Crippen LogP contribution in [0.15, 0.2) is 12.1 Å². The highest BCUT2D eigenvalue weighted by Gasteiger charge is 2.04. The van der Waals surface area contributed by atoms with E-state index in [9.17, 15) is 0 Å². The second-order valence-electron chi connectivity index (χ2n) is 3.72. The monoisotopic (exact) mass is 234 g/mol. The van der Waals surface area contributed by atoms with Crippen LogP contribution in [0.4, 0.5) is 0 Å². The topological polar surface area (TPSA) is 46.5 Å². The van der Waals surface area contributed by atoms with Crippen LogP contribution in [0.5, 0.6) is 0 Å². The number of rotatable bonds is 2. The lowest BCUT2D eigenvalue weighted by molar-refractivity contribution is 0.791. The molecular formula is C11H14N4S. The number of nitrogens with one attached hydrogen (secondary N) is 1. The third kappa shape index (κ3) is 2.04. The van der Waals surface area contributed by atoms with Crippen molar-refractivity contribution in [3.8, 4) is 5.82 Å². The van der Waals surface area contributed by atoms with Crippen LogP contribution >= 0.6 is 12.2 Å². The lowest BCUT2D eigenvalue weighted by Gasteiger charge is -2.04. The molecule has 0 spiro atoms. The van der Waals surface area contributed by atoms with Crippen molar-refractivity contribution in [3.63, 3.8) is 0 Å². The molecule has 2 aromatic heterocycles. The van der Waals surface area contributed by atoms with Crippen molar-refractivity contribution in [1.29, 1.82) is 0 Å². The third-order valence-electron chi connectivity index (χ3n) is 2.34. The summed E-state index contributed by atoms with van der Waals surface area (Å²) in [5.41, 5.74) is 2.05. The fourth-order valence-electron chi connectivity index (χ4n) is 1.61. The minimum atomic E-state index is 0.745. The van der Waals surface area contributed by atoms with Crippen molar-refractivity contribution in [2.45, 2.75) is 27.2 Å². The number of hydrogen-bond acceptors (Lipinski definition) is 3. The second-order valence-corrected chi connectivity index (χ2v) is 4.14. The third-order valence-corrected chi connectivity index (χ3v) is 2.64. The van der Waals surface area contributed by atoms with Crippen LogP contribution in [-0.2, 0) is 6.42 Å². The first-order valence-electron chi connectivity index (χ1n) is 5.23. The first-order chi connectivity index (χ1) is 7.60. The number of H-pyrrole nitrogens is 1. The number of hydrogen-bond donors (Lipinski definition) is 1. The van der Waals surface area contributed by atoms with Crippen LogP contribution in [0.2, 0.25) is 0 Å². The molecule has 2 heterocycles. The molecule has 16 heavy (non-hydrogen) atoms. The van der Waals surface area contributed by atoms with Gasteiger partial charge in [-0.1, -0.05) is 19.1 Å². The van der Waals surface area contributed by atoms with Gasteiger partial charge in [0.15, 0.2) is 5.82 Å². The Morgan fingerprint density at radius 3 is 2.62 bits per heavy atom. The van der Waals surface area contributed by atoms with Gasteiger partial charge in [0.2, 0.25) is 0 Å². The van der Waals surface area contributed by atoms with Gasteiger partial charge in [-0.2, -0.15) is 0 Å². The molecule has 0 aliphatic carbocycles. The molecule has 0 aliphatic rings. The van der Waals surface area contributed by atoms with E-state index in [-0.39, 0.29) is 0 Å². The van der Waals surface area contributed by atoms with Gasteiger partial charge in [-0.25, -0.2) is 14.6 Å². The Morgan fingerprint density at radius 2 is 2.06 bits per heavy atom. The van der Waals surface area contributed by atoms with E-state index in [0.29, 0.717) is 0 Å². The SMILES string of the molecule is CCc1cc(=S)n(-c2cc(C)nc(C)n2)[nH]1. The number of aryl methyl sites for hydroxylation is 3. The molecule has 0 atom stereocenters. The van der Waals surface area contributed by atoms with Crippen molar-refractivity contribution in [2.24, 2.45) is 0 Å². The molecule has 0 unspecified atom stereocenters. The second kappa shape index (κ2) is 4.17. The van der Waals surface area contributed by atoms with E-state index < -0.39 is 0 Å². The summed E-state index contributed by atoms with van der Waals surface area (Å²) in [6.07, 6.45) is 0.930.